The molecule has 0 saturated carbocycles. The predicted octanol–water partition coefficient (Wildman–Crippen LogP) is -10.0. The van der Waals surface area contributed by atoms with Crippen molar-refractivity contribution >= 4 is 112 Å². The summed E-state index contributed by atoms with van der Waals surface area (Å²) < 4.78 is 0. The fourth-order valence-corrected chi connectivity index (χ4v) is 11.2. The lowest BCUT2D eigenvalue weighted by molar-refractivity contribution is -0.142. The maximum absolute atomic E-state index is 14.6. The molecule has 2 heterocycles. The number of nitrogens with zero attached hydrogens (tertiary/aromatic N) is 2. The number of hydrogen-bond donors (Lipinski definition) is 27. The molecule has 0 saturated heterocycles. The minimum absolute atomic E-state index is 0.0346. The maximum atomic E-state index is 14.6. The zero-order valence-corrected chi connectivity index (χ0v) is 63.4. The van der Waals surface area contributed by atoms with E-state index < -0.39 is 220 Å². The summed E-state index contributed by atoms with van der Waals surface area (Å²) in [4.78, 5) is 227. The molecule has 45 nitrogen and oxygen atoms in total. The molecule has 45 heteroatoms. The number of carbonyl (C=O) groups is 16. The number of aromatic nitrogens is 3. The molecule has 114 heavy (non-hydrogen) atoms. The highest BCUT2D eigenvalue weighted by molar-refractivity contribution is 6.00. The summed E-state index contributed by atoms with van der Waals surface area (Å²) >= 11 is 0. The van der Waals surface area contributed by atoms with E-state index in [1.807, 2.05) is 0 Å². The number of amides is 14. The van der Waals surface area contributed by atoms with Gasteiger partial charge in [-0.25, -0.2) is 9.78 Å². The minimum atomic E-state index is -1.82. The van der Waals surface area contributed by atoms with Crippen LogP contribution in [0.1, 0.15) is 127 Å². The normalized spacial score (nSPS) is 13.9. The third kappa shape index (κ3) is 37.2. The van der Waals surface area contributed by atoms with Crippen molar-refractivity contribution in [1.82, 2.24) is 84.1 Å². The number of hydrogen-bond acceptors (Lipinski definition) is 25. The summed E-state index contributed by atoms with van der Waals surface area (Å²) in [5.41, 5.74) is 46.3. The Labute approximate surface area is 655 Å². The van der Waals surface area contributed by atoms with Gasteiger partial charge in [0.15, 0.2) is 5.96 Å². The SMILES string of the molecule is NCCCC[C@H](NC(=O)CNC(=O)[C@H](CO)NC(=O)[C@H](CCCCN)NC(=O)[C@H](Cc1c[nH]c2ccccc12)NC(=O)[C@H](CO)NC(=O)CNC(=O)[C@H](CCCCN)NC(=O)[C@H](CCCCN)NC(=O)[C@@H](N)CCCN=C(N)N)C(=O)N[C@@H](CCC(=O)O)C(=O)NCC(=O)N[C@@H](Cc1cnc[nH]1)C(=O)N[C@@H](CCC(N)=O)C(=O)O. The number of para-hydroxylation sites is 1. The predicted molar refractivity (Wildman–Crippen MR) is 409 cm³/mol. The third-order valence-electron chi connectivity index (χ3n) is 17.5. The van der Waals surface area contributed by atoms with Gasteiger partial charge < -0.3 is 145 Å². The van der Waals surface area contributed by atoms with Crippen LogP contribution in [-0.4, -0.2) is 268 Å². The van der Waals surface area contributed by atoms with Crippen LogP contribution in [0.3, 0.4) is 0 Å². The van der Waals surface area contributed by atoms with E-state index in [4.69, 9.17) is 45.9 Å². The summed E-state index contributed by atoms with van der Waals surface area (Å²) in [6.45, 7) is -3.76. The number of aliphatic imine (C=N–C) groups is 1. The van der Waals surface area contributed by atoms with Crippen LogP contribution in [0.4, 0.5) is 0 Å². The maximum Gasteiger partial charge on any atom is 0.326 e. The van der Waals surface area contributed by atoms with E-state index in [1.165, 1.54) is 12.5 Å². The number of rotatable bonds is 59. The summed E-state index contributed by atoms with van der Waals surface area (Å²) in [5, 5.41) is 72.1. The molecule has 0 aliphatic carbocycles. The van der Waals surface area contributed by atoms with Crippen molar-refractivity contribution in [2.45, 2.75) is 195 Å². The number of guanidine groups is 1. The zero-order valence-electron chi connectivity index (χ0n) is 63.4. The number of H-pyrrole nitrogens is 2. The number of nitrogens with two attached hydrogens (primary N) is 8. The van der Waals surface area contributed by atoms with Crippen molar-refractivity contribution in [1.29, 1.82) is 0 Å². The first-order valence-electron chi connectivity index (χ1n) is 37.3. The van der Waals surface area contributed by atoms with E-state index in [-0.39, 0.29) is 96.5 Å². The second kappa shape index (κ2) is 53.4. The first kappa shape index (κ1) is 96.7. The Hall–Kier alpha value is -11.5. The number of aliphatic carboxylic acids is 2. The van der Waals surface area contributed by atoms with E-state index in [9.17, 15) is 97.1 Å². The fourth-order valence-electron chi connectivity index (χ4n) is 11.2. The number of imidazole rings is 1. The van der Waals surface area contributed by atoms with Crippen molar-refractivity contribution in [2.75, 3.05) is 65.6 Å². The molecule has 0 spiro atoms. The van der Waals surface area contributed by atoms with E-state index in [2.05, 4.69) is 89.1 Å². The molecule has 0 aliphatic rings. The van der Waals surface area contributed by atoms with Crippen LogP contribution in [0.2, 0.25) is 0 Å². The number of aromatic amines is 2. The van der Waals surface area contributed by atoms with Crippen LogP contribution in [0.25, 0.3) is 10.9 Å². The molecule has 1 aromatic carbocycles. The quantitative estimate of drug-likeness (QED) is 0.0142. The smallest absolute Gasteiger partial charge is 0.326 e. The Morgan fingerprint density at radius 2 is 0.807 bits per heavy atom. The number of unbranched alkanes of at least 4 members (excludes halogenated alkanes) is 4. The number of aliphatic hydroxyl groups excluding tert-OH is 2. The summed E-state index contributed by atoms with van der Waals surface area (Å²) in [5.74, 6) is -16.7. The first-order valence-corrected chi connectivity index (χ1v) is 37.3. The molecule has 3 rings (SSSR count). The number of carboxylic acids is 2. The van der Waals surface area contributed by atoms with Crippen LogP contribution < -0.4 is 115 Å². The van der Waals surface area contributed by atoms with Gasteiger partial charge in [0.25, 0.3) is 0 Å². The van der Waals surface area contributed by atoms with Gasteiger partial charge in [-0.1, -0.05) is 18.2 Å². The molecule has 14 amide bonds. The average molecular weight is 1610 g/mol. The number of nitrogens with one attached hydrogen (secondary N) is 15. The molecule has 11 atom stereocenters. The van der Waals surface area contributed by atoms with Crippen LogP contribution in [0.15, 0.2) is 48.0 Å². The average Bonchev–Trinajstić information content (AvgIpc) is 1.66. The Morgan fingerprint density at radius 1 is 0.421 bits per heavy atom. The molecule has 3 aromatic rings. The van der Waals surface area contributed by atoms with Gasteiger partial charge in [0.2, 0.25) is 82.7 Å². The summed E-state index contributed by atoms with van der Waals surface area (Å²) in [6.07, 6.45) is 4.58. The van der Waals surface area contributed by atoms with Crippen LogP contribution in [0.5, 0.6) is 0 Å². The van der Waals surface area contributed by atoms with Crippen LogP contribution in [0, 0.1) is 0 Å². The van der Waals surface area contributed by atoms with E-state index in [1.54, 1.807) is 30.5 Å². The molecule has 0 unspecified atom stereocenters. The van der Waals surface area contributed by atoms with Crippen molar-refractivity contribution < 1.29 is 97.1 Å². The van der Waals surface area contributed by atoms with E-state index in [0.717, 1.165) is 0 Å². The Morgan fingerprint density at radius 3 is 1.26 bits per heavy atom. The van der Waals surface area contributed by atoms with Crippen LogP contribution in [-0.2, 0) is 89.6 Å². The third-order valence-corrected chi connectivity index (χ3v) is 17.5. The highest BCUT2D eigenvalue weighted by Gasteiger charge is 2.36. The van der Waals surface area contributed by atoms with Crippen molar-refractivity contribution in [3.63, 3.8) is 0 Å². The van der Waals surface area contributed by atoms with Crippen molar-refractivity contribution in [2.24, 2.45) is 50.9 Å². The van der Waals surface area contributed by atoms with E-state index in [0.29, 0.717) is 67.1 Å². The summed E-state index contributed by atoms with van der Waals surface area (Å²) in [6, 6.07) is -9.60. The van der Waals surface area contributed by atoms with Crippen LogP contribution >= 0.6 is 0 Å². The van der Waals surface area contributed by atoms with Crippen molar-refractivity contribution in [3.8, 4) is 0 Å². The topological polar surface area (TPSA) is 775 Å². The number of benzene rings is 1. The number of aliphatic hydroxyl groups is 2. The highest BCUT2D eigenvalue weighted by Crippen LogP contribution is 2.20. The van der Waals surface area contributed by atoms with Gasteiger partial charge in [-0.3, -0.25) is 76.9 Å². The molecule has 0 bridgehead atoms. The number of carbonyl (C=O) groups excluding carboxylic acids is 14. The molecular weight excluding hydrogens is 1500 g/mol. The Kier molecular flexibility index (Phi) is 45.3. The fraction of sp³-hybridized carbons (Fsp3) is 0.594. The minimum Gasteiger partial charge on any atom is -0.481 e. The van der Waals surface area contributed by atoms with Gasteiger partial charge in [0, 0.05) is 61.2 Å². The zero-order chi connectivity index (χ0) is 84.7. The number of fused-ring (bicyclic) bond motifs is 1. The van der Waals surface area contributed by atoms with Gasteiger partial charge in [0.1, 0.15) is 60.4 Å². The molecule has 0 fully saturated rings. The second-order valence-electron chi connectivity index (χ2n) is 26.6. The molecule has 2 aromatic heterocycles. The second-order valence-corrected chi connectivity index (χ2v) is 26.6. The molecule has 0 aliphatic heterocycles. The number of primary amides is 1. The highest BCUT2D eigenvalue weighted by atomic mass is 16.4. The Balaban J connectivity index is 1.79. The molecule has 634 valence electrons. The van der Waals surface area contributed by atoms with E-state index >= 15 is 0 Å². The largest absolute Gasteiger partial charge is 0.481 e. The lowest BCUT2D eigenvalue weighted by atomic mass is 10.0. The van der Waals surface area contributed by atoms with Crippen molar-refractivity contribution in [3.05, 3.63) is 54.2 Å². The first-order chi connectivity index (χ1) is 54.4. The van der Waals surface area contributed by atoms with Gasteiger partial charge in [-0.15, -0.1) is 0 Å². The molecule has 0 radical (unpaired) electrons. The molecule has 35 N–H and O–H groups in total. The van der Waals surface area contributed by atoms with Gasteiger partial charge in [-0.2, -0.15) is 0 Å². The lowest BCUT2D eigenvalue weighted by Gasteiger charge is -2.26. The lowest BCUT2D eigenvalue weighted by Crippen LogP contribution is -2.60. The standard InChI is InChI=1S/C69H113N25O20/c70-23-7-3-15-43(89-63(108)45(17-5-9-25-72)88-58(103)41(74)13-11-27-79-69(76)77)59(104)81-34-56(100)87-52(36-96)67(112)93-49(28-38-30-80-42-14-2-1-12-40(38)42)65(110)90-46(18-6-10-26-73)64(109)94-51(35-95)61(106)83-32-54(98)85-44(16-4-8-24-71)62(107)91-47(20-22-57(101)102)60(105)82-33-55(99)86-50(29-39-31-78-37-84-39)66(111)92-48(68(113)114)19-21-53(75)97/h1-2,12,14,30-31,37,41,43-52,80,95-96H,3-11,13,15-29,32-36,70-74H2,(H2,75,97)(H,78,84)(H,81,104)(H,82,105)(H,83,106)(H,85,98)(H,86,99)(H,87,100)(H,88,103)(H,89,108)(H,90,110)(H,91,107)(H,92,111)(H,93,112)(H,94,109)(H,101,102)(H,113,114)(H4,76,77,79)/t41-,43-,44-,45-,46-,47-,48-,49-,50-,51-,52-/m0/s1. The Bertz CT molecular complexity index is 3670. The van der Waals surface area contributed by atoms with Gasteiger partial charge in [-0.05, 0) is 141 Å². The monoisotopic (exact) mass is 1610 g/mol. The number of carboxylic acid groups (broad SMARTS) is 2. The van der Waals surface area contributed by atoms with Gasteiger partial charge >= 0.3 is 11.9 Å². The summed E-state index contributed by atoms with van der Waals surface area (Å²) in [7, 11) is 0. The van der Waals surface area contributed by atoms with Gasteiger partial charge in [0.05, 0.1) is 45.2 Å². The molecular formula is C69H113N25O20.